The fraction of sp³-hybridized carbons (Fsp3) is 0.179. The molecule has 5 aromatic rings. The molecule has 0 saturated carbocycles. The molecule has 0 heterocycles. The van der Waals surface area contributed by atoms with Gasteiger partial charge >= 0.3 is 0 Å². The summed E-state index contributed by atoms with van der Waals surface area (Å²) in [4.78, 5) is 0. The highest BCUT2D eigenvalue weighted by atomic mass is 16.5. The van der Waals surface area contributed by atoms with Crippen molar-refractivity contribution in [3.8, 4) is 35.1 Å². The van der Waals surface area contributed by atoms with Gasteiger partial charge in [0.15, 0.2) is 23.0 Å². The first-order valence-electron chi connectivity index (χ1n) is 15.0. The molecule has 1 N–H and O–H groups in total. The van der Waals surface area contributed by atoms with Crippen LogP contribution >= 0.6 is 0 Å². The summed E-state index contributed by atoms with van der Waals surface area (Å²) in [6.45, 7) is 2.71. The van der Waals surface area contributed by atoms with E-state index in [9.17, 15) is 5.11 Å². The smallest absolute Gasteiger partial charge is 0.162 e. The SMILES string of the molecule is N#Cc1ccc(OCc2ccccc2)c(O)c1.N#Cc1ccc(OCc2ccccc2)c(OCCCCOCc2ccccc2)c1. The van der Waals surface area contributed by atoms with Crippen LogP contribution in [-0.2, 0) is 24.6 Å². The molecule has 0 aliphatic rings. The molecule has 0 saturated heterocycles. The minimum Gasteiger partial charge on any atom is -0.504 e. The Bertz CT molecular complexity index is 1700. The van der Waals surface area contributed by atoms with Gasteiger partial charge in [0.1, 0.15) is 13.2 Å². The molecule has 0 aliphatic carbocycles. The first-order valence-corrected chi connectivity index (χ1v) is 15.0. The number of phenolic OH excluding ortho intramolecular Hbond substituents is 1. The van der Waals surface area contributed by atoms with Crippen LogP contribution in [0.5, 0.6) is 23.0 Å². The number of unbranched alkanes of at least 4 members (excludes halogenated alkanes) is 1. The van der Waals surface area contributed by atoms with Crippen molar-refractivity contribution in [1.29, 1.82) is 10.5 Å². The molecule has 5 rings (SSSR count). The molecule has 7 heteroatoms. The van der Waals surface area contributed by atoms with Crippen molar-refractivity contribution in [3.05, 3.63) is 155 Å². The molecule has 232 valence electrons. The molecule has 5 aromatic carbocycles. The van der Waals surface area contributed by atoms with Crippen molar-refractivity contribution < 1.29 is 24.1 Å². The van der Waals surface area contributed by atoms with Crippen LogP contribution in [-0.4, -0.2) is 18.3 Å². The second-order valence-corrected chi connectivity index (χ2v) is 10.2. The second kappa shape index (κ2) is 18.8. The normalized spacial score (nSPS) is 10.0. The lowest BCUT2D eigenvalue weighted by Crippen LogP contribution is -2.03. The van der Waals surface area contributed by atoms with E-state index in [1.807, 2.05) is 84.9 Å². The van der Waals surface area contributed by atoms with Gasteiger partial charge in [-0.1, -0.05) is 91.0 Å². The highest BCUT2D eigenvalue weighted by molar-refractivity contribution is 5.47. The van der Waals surface area contributed by atoms with Crippen molar-refractivity contribution in [2.45, 2.75) is 32.7 Å². The number of hydrogen-bond donors (Lipinski definition) is 1. The van der Waals surface area contributed by atoms with Gasteiger partial charge in [0.05, 0.1) is 36.5 Å². The number of hydrogen-bond acceptors (Lipinski definition) is 7. The van der Waals surface area contributed by atoms with Gasteiger partial charge in [-0.05, 0) is 53.8 Å². The Labute approximate surface area is 270 Å². The van der Waals surface area contributed by atoms with Gasteiger partial charge in [0, 0.05) is 18.7 Å². The third-order valence-corrected chi connectivity index (χ3v) is 6.69. The predicted octanol–water partition coefficient (Wildman–Crippen LogP) is 8.36. The van der Waals surface area contributed by atoms with E-state index >= 15 is 0 Å². The number of benzene rings is 5. The van der Waals surface area contributed by atoms with E-state index in [4.69, 9.17) is 29.5 Å². The largest absolute Gasteiger partial charge is 0.504 e. The third kappa shape index (κ3) is 11.4. The molecule has 0 atom stereocenters. The Kier molecular flexibility index (Phi) is 13.5. The van der Waals surface area contributed by atoms with Gasteiger partial charge in [-0.3, -0.25) is 0 Å². The van der Waals surface area contributed by atoms with Crippen LogP contribution in [0, 0.1) is 22.7 Å². The van der Waals surface area contributed by atoms with Crippen LogP contribution in [0.2, 0.25) is 0 Å². The van der Waals surface area contributed by atoms with Crippen molar-refractivity contribution in [3.63, 3.8) is 0 Å². The van der Waals surface area contributed by atoms with Gasteiger partial charge in [0.25, 0.3) is 0 Å². The average molecular weight is 613 g/mol. The summed E-state index contributed by atoms with van der Waals surface area (Å²) in [6, 6.07) is 43.7. The quantitative estimate of drug-likeness (QED) is 0.126. The number of aromatic hydroxyl groups is 1. The Morgan fingerprint density at radius 1 is 0.478 bits per heavy atom. The van der Waals surface area contributed by atoms with Gasteiger partial charge < -0.3 is 24.1 Å². The number of nitrogens with zero attached hydrogens (tertiary/aromatic N) is 2. The highest BCUT2D eigenvalue weighted by Gasteiger charge is 2.08. The topological polar surface area (TPSA) is 105 Å². The van der Waals surface area contributed by atoms with Crippen molar-refractivity contribution in [2.24, 2.45) is 0 Å². The van der Waals surface area contributed by atoms with Crippen LogP contribution in [0.4, 0.5) is 0 Å². The highest BCUT2D eigenvalue weighted by Crippen LogP contribution is 2.29. The predicted molar refractivity (Wildman–Crippen MR) is 176 cm³/mol. The summed E-state index contributed by atoms with van der Waals surface area (Å²) in [5.41, 5.74) is 4.25. The van der Waals surface area contributed by atoms with Gasteiger partial charge in [-0.25, -0.2) is 0 Å². The van der Waals surface area contributed by atoms with Crippen molar-refractivity contribution in [2.75, 3.05) is 13.2 Å². The average Bonchev–Trinajstić information content (AvgIpc) is 3.11. The molecule has 0 amide bonds. The van der Waals surface area contributed by atoms with E-state index < -0.39 is 0 Å². The Hall–Kier alpha value is -5.76. The Morgan fingerprint density at radius 2 is 0.957 bits per heavy atom. The molecule has 0 radical (unpaired) electrons. The van der Waals surface area contributed by atoms with Crippen LogP contribution in [0.15, 0.2) is 127 Å². The lowest BCUT2D eigenvalue weighted by atomic mass is 10.2. The Balaban J connectivity index is 0.000000240. The number of phenols is 1. The van der Waals surface area contributed by atoms with Crippen LogP contribution < -0.4 is 14.2 Å². The molecular formula is C39H36N2O5. The minimum atomic E-state index is -0.0139. The maximum Gasteiger partial charge on any atom is 0.162 e. The lowest BCUT2D eigenvalue weighted by Gasteiger charge is -2.13. The number of nitriles is 2. The first kappa shape index (κ1) is 33.1. The van der Waals surface area contributed by atoms with E-state index in [1.165, 1.54) is 11.6 Å². The maximum absolute atomic E-state index is 9.62. The summed E-state index contributed by atoms with van der Waals surface area (Å²) in [7, 11) is 0. The van der Waals surface area contributed by atoms with E-state index in [1.54, 1.807) is 30.3 Å². The van der Waals surface area contributed by atoms with Gasteiger partial charge in [-0.15, -0.1) is 0 Å². The first-order chi connectivity index (χ1) is 22.6. The maximum atomic E-state index is 9.62. The fourth-order valence-electron chi connectivity index (χ4n) is 4.24. The summed E-state index contributed by atoms with van der Waals surface area (Å²) in [6.07, 6.45) is 1.77. The zero-order valence-corrected chi connectivity index (χ0v) is 25.5. The van der Waals surface area contributed by atoms with Crippen molar-refractivity contribution in [1.82, 2.24) is 0 Å². The second-order valence-electron chi connectivity index (χ2n) is 10.2. The monoisotopic (exact) mass is 612 g/mol. The lowest BCUT2D eigenvalue weighted by molar-refractivity contribution is 0.113. The summed E-state index contributed by atoms with van der Waals surface area (Å²) in [5.74, 6) is 1.62. The molecule has 46 heavy (non-hydrogen) atoms. The Morgan fingerprint density at radius 3 is 1.50 bits per heavy atom. The van der Waals surface area contributed by atoms with Crippen LogP contribution in [0.1, 0.15) is 40.7 Å². The third-order valence-electron chi connectivity index (χ3n) is 6.69. The van der Waals surface area contributed by atoms with E-state index in [0.29, 0.717) is 61.4 Å². The molecule has 0 fully saturated rings. The summed E-state index contributed by atoms with van der Waals surface area (Å²) in [5, 5.41) is 27.4. The molecule has 0 aromatic heterocycles. The summed E-state index contributed by atoms with van der Waals surface area (Å²) >= 11 is 0. The van der Waals surface area contributed by atoms with E-state index in [2.05, 4.69) is 18.2 Å². The molecule has 0 bridgehead atoms. The standard InChI is InChI=1S/C25H25NO3.C14H11NO2/c26-18-23-13-14-24(29-20-22-11-5-2-6-12-22)25(17-23)28-16-8-7-15-27-19-21-9-3-1-4-10-21;15-9-12-6-7-14(13(16)8-12)17-10-11-4-2-1-3-5-11/h1-6,9-14,17H,7-8,15-16,19-20H2;1-8,16H,10H2. The van der Waals surface area contributed by atoms with Crippen LogP contribution in [0.3, 0.4) is 0 Å². The minimum absolute atomic E-state index is 0.0139. The fourth-order valence-corrected chi connectivity index (χ4v) is 4.24. The molecule has 0 aliphatic heterocycles. The molecular weight excluding hydrogens is 576 g/mol. The van der Waals surface area contributed by atoms with Crippen LogP contribution in [0.25, 0.3) is 0 Å². The number of ether oxygens (including phenoxy) is 4. The van der Waals surface area contributed by atoms with Gasteiger partial charge in [0.2, 0.25) is 0 Å². The molecule has 0 spiro atoms. The zero-order valence-electron chi connectivity index (χ0n) is 25.5. The number of rotatable bonds is 14. The van der Waals surface area contributed by atoms with Gasteiger partial charge in [-0.2, -0.15) is 10.5 Å². The summed E-state index contributed by atoms with van der Waals surface area (Å²) < 4.78 is 23.0. The molecule has 0 unspecified atom stereocenters. The van der Waals surface area contributed by atoms with E-state index in [-0.39, 0.29) is 5.75 Å². The van der Waals surface area contributed by atoms with Crippen molar-refractivity contribution >= 4 is 0 Å². The zero-order chi connectivity index (χ0) is 32.2. The van der Waals surface area contributed by atoms with E-state index in [0.717, 1.165) is 24.0 Å². The molecule has 7 nitrogen and oxygen atoms in total.